The maximum Gasteiger partial charge on any atom is 0.335 e. The van der Waals surface area contributed by atoms with Gasteiger partial charge >= 0.3 is 5.97 Å². The van der Waals surface area contributed by atoms with Gasteiger partial charge in [-0.15, -0.1) is 0 Å². The fraction of sp³-hybridized carbons (Fsp3) is 0.333. The number of carboxylic acids is 1. The lowest BCUT2D eigenvalue weighted by Crippen LogP contribution is -2.21. The number of hydrogen-bond donors (Lipinski definition) is 3. The van der Waals surface area contributed by atoms with Crippen LogP contribution in [0.1, 0.15) is 12.8 Å². The molecule has 5 heteroatoms. The Hall–Kier alpha value is -1.52. The molecule has 0 aromatic rings. The third kappa shape index (κ3) is 1.49. The standard InChI is InChI=1S/C6H9N3O2/c7-4-2-1-3(6(10)11)5(8)9-4/h1-2,8H2,(H2,7,9)(H,10,11). The van der Waals surface area contributed by atoms with Crippen molar-refractivity contribution >= 4 is 11.8 Å². The third-order valence-corrected chi connectivity index (χ3v) is 1.46. The van der Waals surface area contributed by atoms with Crippen LogP contribution in [0.15, 0.2) is 16.4 Å². The Bertz CT molecular complexity index is 255. The number of hydrogen-bond acceptors (Lipinski definition) is 4. The lowest BCUT2D eigenvalue weighted by atomic mass is 10.1. The fourth-order valence-electron chi connectivity index (χ4n) is 0.876. The van der Waals surface area contributed by atoms with Crippen molar-refractivity contribution in [2.75, 3.05) is 0 Å². The van der Waals surface area contributed by atoms with E-state index in [4.69, 9.17) is 16.6 Å². The molecule has 0 spiro atoms. The van der Waals surface area contributed by atoms with Gasteiger partial charge in [0.1, 0.15) is 11.7 Å². The van der Waals surface area contributed by atoms with Gasteiger partial charge in [0.05, 0.1) is 5.57 Å². The van der Waals surface area contributed by atoms with E-state index in [1.165, 1.54) is 0 Å². The Morgan fingerprint density at radius 3 is 2.55 bits per heavy atom. The van der Waals surface area contributed by atoms with Crippen LogP contribution in [-0.2, 0) is 4.79 Å². The van der Waals surface area contributed by atoms with E-state index in [0.717, 1.165) is 0 Å². The molecule has 5 nitrogen and oxygen atoms in total. The molecule has 5 N–H and O–H groups in total. The van der Waals surface area contributed by atoms with Crippen molar-refractivity contribution in [2.45, 2.75) is 12.8 Å². The molecule has 0 fully saturated rings. The Morgan fingerprint density at radius 1 is 1.45 bits per heavy atom. The van der Waals surface area contributed by atoms with Crippen LogP contribution in [0.4, 0.5) is 0 Å². The molecule has 0 amide bonds. The highest BCUT2D eigenvalue weighted by Crippen LogP contribution is 2.14. The van der Waals surface area contributed by atoms with Crippen LogP contribution < -0.4 is 11.5 Å². The number of amidine groups is 1. The predicted molar refractivity (Wildman–Crippen MR) is 39.7 cm³/mol. The van der Waals surface area contributed by atoms with Crippen molar-refractivity contribution in [3.8, 4) is 0 Å². The summed E-state index contributed by atoms with van der Waals surface area (Å²) in [5.41, 5.74) is 10.8. The second kappa shape index (κ2) is 2.61. The first-order valence-electron chi connectivity index (χ1n) is 3.16. The van der Waals surface area contributed by atoms with E-state index in [0.29, 0.717) is 18.7 Å². The number of rotatable bonds is 1. The molecule has 1 aliphatic heterocycles. The van der Waals surface area contributed by atoms with Gasteiger partial charge in [-0.25, -0.2) is 9.79 Å². The van der Waals surface area contributed by atoms with Crippen LogP contribution in [0, 0.1) is 0 Å². The Morgan fingerprint density at radius 2 is 2.09 bits per heavy atom. The van der Waals surface area contributed by atoms with E-state index >= 15 is 0 Å². The molecule has 0 bridgehead atoms. The van der Waals surface area contributed by atoms with Crippen LogP contribution >= 0.6 is 0 Å². The first-order valence-corrected chi connectivity index (χ1v) is 3.16. The molecule has 0 saturated carbocycles. The molecule has 0 aromatic heterocycles. The fourth-order valence-corrected chi connectivity index (χ4v) is 0.876. The maximum atomic E-state index is 10.4. The van der Waals surface area contributed by atoms with Crippen LogP contribution in [-0.4, -0.2) is 16.9 Å². The first kappa shape index (κ1) is 7.59. The van der Waals surface area contributed by atoms with E-state index in [2.05, 4.69) is 4.99 Å². The summed E-state index contributed by atoms with van der Waals surface area (Å²) in [6.07, 6.45) is 0.846. The quantitative estimate of drug-likeness (QED) is 0.470. The number of aliphatic imine (C=N–C) groups is 1. The molecule has 11 heavy (non-hydrogen) atoms. The molecule has 0 radical (unpaired) electrons. The van der Waals surface area contributed by atoms with E-state index in [1.54, 1.807) is 0 Å². The Labute approximate surface area is 63.4 Å². The molecule has 60 valence electrons. The van der Waals surface area contributed by atoms with Crippen molar-refractivity contribution in [3.05, 3.63) is 11.4 Å². The summed E-state index contributed by atoms with van der Waals surface area (Å²) in [5, 5.41) is 8.55. The summed E-state index contributed by atoms with van der Waals surface area (Å²) in [6, 6.07) is 0. The van der Waals surface area contributed by atoms with Crippen molar-refractivity contribution in [3.63, 3.8) is 0 Å². The highest BCUT2D eigenvalue weighted by Gasteiger charge is 2.16. The largest absolute Gasteiger partial charge is 0.478 e. The van der Waals surface area contributed by atoms with Crippen molar-refractivity contribution < 1.29 is 9.90 Å². The van der Waals surface area contributed by atoms with Gasteiger partial charge in [-0.2, -0.15) is 0 Å². The molecule has 1 rings (SSSR count). The SMILES string of the molecule is NC1=NC(N)=C(C(=O)O)CC1. The molecule has 0 aromatic carbocycles. The lowest BCUT2D eigenvalue weighted by Gasteiger charge is -2.10. The van der Waals surface area contributed by atoms with Crippen LogP contribution in [0.2, 0.25) is 0 Å². The average Bonchev–Trinajstić information content (AvgIpc) is 1.85. The highest BCUT2D eigenvalue weighted by molar-refractivity contribution is 5.92. The van der Waals surface area contributed by atoms with E-state index < -0.39 is 5.97 Å². The number of carboxylic acid groups (broad SMARTS) is 1. The Balaban J connectivity index is 2.95. The molecule has 0 aliphatic carbocycles. The zero-order valence-corrected chi connectivity index (χ0v) is 5.87. The minimum absolute atomic E-state index is 0.0289. The topological polar surface area (TPSA) is 102 Å². The third-order valence-electron chi connectivity index (χ3n) is 1.46. The van der Waals surface area contributed by atoms with Crippen LogP contribution in [0.3, 0.4) is 0 Å². The van der Waals surface area contributed by atoms with Gasteiger partial charge < -0.3 is 16.6 Å². The van der Waals surface area contributed by atoms with Crippen molar-refractivity contribution in [1.82, 2.24) is 0 Å². The molecule has 0 unspecified atom stereocenters. The number of nitrogens with two attached hydrogens (primary N) is 2. The first-order chi connectivity index (χ1) is 5.11. The van der Waals surface area contributed by atoms with Gasteiger partial charge in [-0.05, 0) is 6.42 Å². The van der Waals surface area contributed by atoms with Gasteiger partial charge in [0.25, 0.3) is 0 Å². The second-order valence-corrected chi connectivity index (χ2v) is 2.27. The maximum absolute atomic E-state index is 10.4. The molecule has 1 aliphatic rings. The average molecular weight is 155 g/mol. The van der Waals surface area contributed by atoms with Crippen molar-refractivity contribution in [2.24, 2.45) is 16.5 Å². The second-order valence-electron chi connectivity index (χ2n) is 2.27. The highest BCUT2D eigenvalue weighted by atomic mass is 16.4. The molecule has 1 heterocycles. The molecule has 0 atom stereocenters. The smallest absolute Gasteiger partial charge is 0.335 e. The minimum Gasteiger partial charge on any atom is -0.478 e. The van der Waals surface area contributed by atoms with Gasteiger partial charge in [-0.3, -0.25) is 0 Å². The molecule has 0 saturated heterocycles. The zero-order chi connectivity index (χ0) is 8.43. The van der Waals surface area contributed by atoms with E-state index in [1.807, 2.05) is 0 Å². The summed E-state index contributed by atoms with van der Waals surface area (Å²) in [7, 11) is 0. The zero-order valence-electron chi connectivity index (χ0n) is 5.87. The predicted octanol–water partition coefficient (Wildman–Crippen LogP) is -0.608. The van der Waals surface area contributed by atoms with Gasteiger partial charge in [0, 0.05) is 6.42 Å². The summed E-state index contributed by atoms with van der Waals surface area (Å²) >= 11 is 0. The summed E-state index contributed by atoms with van der Waals surface area (Å²) in [6.45, 7) is 0. The van der Waals surface area contributed by atoms with Crippen LogP contribution in [0.25, 0.3) is 0 Å². The number of nitrogens with zero attached hydrogens (tertiary/aromatic N) is 1. The normalized spacial score (nSPS) is 18.0. The molecular formula is C6H9N3O2. The van der Waals surface area contributed by atoms with E-state index in [-0.39, 0.29) is 11.4 Å². The number of aliphatic carboxylic acids is 1. The minimum atomic E-state index is -1.02. The van der Waals surface area contributed by atoms with Gasteiger partial charge in [0.15, 0.2) is 0 Å². The summed E-state index contributed by atoms with van der Waals surface area (Å²) < 4.78 is 0. The summed E-state index contributed by atoms with van der Waals surface area (Å²) in [4.78, 5) is 14.1. The van der Waals surface area contributed by atoms with Crippen molar-refractivity contribution in [1.29, 1.82) is 0 Å². The number of carbonyl (C=O) groups is 1. The molecular weight excluding hydrogens is 146 g/mol. The Kier molecular flexibility index (Phi) is 1.80. The van der Waals surface area contributed by atoms with Gasteiger partial charge in [-0.1, -0.05) is 0 Å². The summed E-state index contributed by atoms with van der Waals surface area (Å²) in [5.74, 6) is -0.590. The lowest BCUT2D eigenvalue weighted by molar-refractivity contribution is -0.132. The van der Waals surface area contributed by atoms with Gasteiger partial charge in [0.2, 0.25) is 0 Å². The van der Waals surface area contributed by atoms with E-state index in [9.17, 15) is 4.79 Å². The monoisotopic (exact) mass is 155 g/mol. The van der Waals surface area contributed by atoms with Crippen LogP contribution in [0.5, 0.6) is 0 Å².